The molecule has 20 heteroatoms. The predicted octanol–water partition coefficient (Wildman–Crippen LogP) is 14.3. The standard InChI is InChI=1S/C66H36N16O4/c1-83-29-11-17-39-45(23-29)61-74-55(39)72-59-43-21-15-33-27-49(43)65(78-59)82-66-50-28-34(16-22-44(50)60(79-66)73-56-40-18-12-30(84-2)24-46(40)62(75-56)80-61)86-32-14-20-42-48(26-32)64-77-58(42)71-54-38-10-6-4-8-36(38)52(69-54)67-51-35-7-3-5-9-37(35)53(68-51)70-57-41-19-13-31(85-33)25-47(41)63(76-57)81-64/h3-28H,1-2H3,(H2,67,68,69,70,71,76,77,81)(H2,72,73,74,75,78,79,80,82). The van der Waals surface area contributed by atoms with Gasteiger partial charge in [0.1, 0.15) is 79.0 Å². The molecule has 0 saturated heterocycles. The number of hydrogen-bond acceptors (Lipinski definition) is 16. The maximum absolute atomic E-state index is 6.86. The third-order valence-electron chi connectivity index (χ3n) is 16.2. The first-order chi connectivity index (χ1) is 42.4. The maximum Gasteiger partial charge on any atom is 0.164 e. The molecule has 20 nitrogen and oxygen atoms in total. The normalized spacial score (nSPS) is 12.3. The molecular weight excluding hydrogens is 1080 g/mol. The summed E-state index contributed by atoms with van der Waals surface area (Å²) in [6, 6.07) is 50.7. The molecule has 11 heterocycles. The van der Waals surface area contributed by atoms with Crippen molar-refractivity contribution in [2.75, 3.05) is 14.2 Å². The highest BCUT2D eigenvalue weighted by molar-refractivity contribution is 6.13. The fourth-order valence-corrected chi connectivity index (χ4v) is 12.1. The number of hydrogen-bond donors (Lipinski definition) is 4. The Morgan fingerprint density at radius 1 is 0.256 bits per heavy atom. The maximum atomic E-state index is 6.86. The van der Waals surface area contributed by atoms with Crippen LogP contribution in [0.4, 0.5) is 0 Å². The summed E-state index contributed by atoms with van der Waals surface area (Å²) in [5.41, 5.74) is 11.1. The Hall–Kier alpha value is -12.3. The van der Waals surface area contributed by atoms with Gasteiger partial charge in [-0.1, -0.05) is 48.5 Å². The zero-order valence-corrected chi connectivity index (χ0v) is 45.0. The molecule has 0 amide bonds. The van der Waals surface area contributed by atoms with Crippen molar-refractivity contribution < 1.29 is 18.3 Å². The molecule has 0 unspecified atom stereocenters. The monoisotopic (exact) mass is 1120 g/mol. The molecule has 0 fully saturated rings. The molecule has 404 valence electrons. The van der Waals surface area contributed by atoms with Crippen LogP contribution in [0.2, 0.25) is 0 Å². The number of benzene rings is 8. The average Bonchev–Trinajstić information content (AvgIpc) is 3.01. The smallest absolute Gasteiger partial charge is 0.164 e. The SMILES string of the molecule is COc1ccc2c(c1)-c1nc-2nc2[nH]c3nc4nc(nc5[nH]c(n1)c1cc(OC)ccc51)c1ccc(cc41)oc1ccc4c5nc6nc(nc7[nH]c(nc8nc(nc([nH]5)c4c1)c1cc(ccc81)oc1ccc2c3c1)c1ccccc71)-c1ccccc1-6. The topological polar surface area (TPSA) is 263 Å². The van der Waals surface area contributed by atoms with Crippen molar-refractivity contribution in [1.29, 1.82) is 0 Å². The summed E-state index contributed by atoms with van der Waals surface area (Å²) >= 11 is 0. The third-order valence-corrected chi connectivity index (χ3v) is 16.2. The van der Waals surface area contributed by atoms with Crippen molar-refractivity contribution >= 4 is 155 Å². The molecule has 2 aliphatic heterocycles. The van der Waals surface area contributed by atoms with Crippen molar-refractivity contribution in [2.24, 2.45) is 0 Å². The average molecular weight is 1120 g/mol. The van der Waals surface area contributed by atoms with Gasteiger partial charge in [-0.15, -0.1) is 0 Å². The van der Waals surface area contributed by atoms with E-state index in [1.54, 1.807) is 14.2 Å². The first-order valence-corrected chi connectivity index (χ1v) is 27.5. The Balaban J connectivity index is 0.963. The summed E-state index contributed by atoms with van der Waals surface area (Å²) in [4.78, 5) is 76.9. The molecule has 0 aliphatic carbocycles. The number of aromatic nitrogens is 16. The Morgan fingerprint density at radius 2 is 0.581 bits per heavy atom. The largest absolute Gasteiger partial charge is 0.497 e. The lowest BCUT2D eigenvalue weighted by atomic mass is 10.1. The first kappa shape index (κ1) is 46.3. The lowest BCUT2D eigenvalue weighted by molar-refractivity contribution is 0.415. The van der Waals surface area contributed by atoms with Crippen molar-refractivity contribution in [1.82, 2.24) is 79.7 Å². The molecular formula is C66H36N16O4. The number of nitrogens with one attached hydrogen (secondary N) is 4. The highest BCUT2D eigenvalue weighted by Crippen LogP contribution is 2.40. The van der Waals surface area contributed by atoms with Crippen molar-refractivity contribution in [3.05, 3.63) is 158 Å². The highest BCUT2D eigenvalue weighted by Gasteiger charge is 2.24. The summed E-state index contributed by atoms with van der Waals surface area (Å²) in [6.07, 6.45) is 0. The number of nitrogens with zero attached hydrogens (tertiary/aromatic N) is 12. The van der Waals surface area contributed by atoms with E-state index >= 15 is 0 Å². The van der Waals surface area contributed by atoms with Gasteiger partial charge in [-0.05, 0) is 109 Å². The number of ether oxygens (including phenoxy) is 2. The second-order valence-corrected chi connectivity index (χ2v) is 21.2. The fourth-order valence-electron chi connectivity index (χ4n) is 12.1. The lowest BCUT2D eigenvalue weighted by Gasteiger charge is -2.02. The quantitative estimate of drug-likeness (QED) is 0.125. The van der Waals surface area contributed by atoms with Crippen LogP contribution in [0, 0.1) is 0 Å². The Morgan fingerprint density at radius 3 is 1.06 bits per heavy atom. The van der Waals surface area contributed by atoms with Crippen LogP contribution in [-0.4, -0.2) is 94.0 Å². The summed E-state index contributed by atoms with van der Waals surface area (Å²) in [5.74, 6) is 3.16. The summed E-state index contributed by atoms with van der Waals surface area (Å²) in [6.45, 7) is 0. The second-order valence-electron chi connectivity index (χ2n) is 21.2. The Kier molecular flexibility index (Phi) is 9.22. The molecule has 24 bridgehead atoms. The van der Waals surface area contributed by atoms with E-state index in [9.17, 15) is 0 Å². The summed E-state index contributed by atoms with van der Waals surface area (Å²) < 4.78 is 25.2. The van der Waals surface area contributed by atoms with Gasteiger partial charge in [-0.3, -0.25) is 0 Å². The van der Waals surface area contributed by atoms with Crippen LogP contribution in [0.15, 0.2) is 167 Å². The molecule has 4 N–H and O–H groups in total. The lowest BCUT2D eigenvalue weighted by Crippen LogP contribution is -1.86. The second kappa shape index (κ2) is 17.1. The molecule has 0 atom stereocenters. The van der Waals surface area contributed by atoms with Gasteiger partial charge in [0.2, 0.25) is 0 Å². The molecule has 8 aromatic carbocycles. The van der Waals surface area contributed by atoms with Gasteiger partial charge in [-0.25, -0.2) is 59.8 Å². The van der Waals surface area contributed by atoms with E-state index in [0.29, 0.717) is 141 Å². The minimum absolute atomic E-state index is 0.379. The minimum atomic E-state index is 0.379. The van der Waals surface area contributed by atoms with Crippen LogP contribution >= 0.6 is 0 Å². The van der Waals surface area contributed by atoms with Crippen molar-refractivity contribution in [3.63, 3.8) is 0 Å². The van der Waals surface area contributed by atoms with E-state index in [0.717, 1.165) is 70.7 Å². The van der Waals surface area contributed by atoms with Crippen LogP contribution in [0.3, 0.4) is 0 Å². The molecule has 0 radical (unpaired) electrons. The summed E-state index contributed by atoms with van der Waals surface area (Å²) in [5, 5.41) is 9.07. The van der Waals surface area contributed by atoms with Crippen LogP contribution in [-0.2, 0) is 0 Å². The number of rotatable bonds is 2. The van der Waals surface area contributed by atoms with E-state index < -0.39 is 0 Å². The zero-order valence-electron chi connectivity index (χ0n) is 45.0. The predicted molar refractivity (Wildman–Crippen MR) is 331 cm³/mol. The van der Waals surface area contributed by atoms with Gasteiger partial charge in [0, 0.05) is 86.9 Å². The molecule has 9 aromatic heterocycles. The van der Waals surface area contributed by atoms with Gasteiger partial charge < -0.3 is 38.2 Å². The Bertz CT molecular complexity index is 6230. The third kappa shape index (κ3) is 6.91. The van der Waals surface area contributed by atoms with Crippen LogP contribution in [0.25, 0.3) is 200 Å². The van der Waals surface area contributed by atoms with Crippen molar-refractivity contribution in [3.8, 4) is 57.1 Å². The van der Waals surface area contributed by atoms with E-state index in [-0.39, 0.29) is 0 Å². The zero-order chi connectivity index (χ0) is 56.5. The fraction of sp³-hybridized carbons (Fsp3) is 0.0303. The number of H-pyrrole nitrogens is 4. The van der Waals surface area contributed by atoms with E-state index in [1.807, 2.05) is 158 Å². The van der Waals surface area contributed by atoms with E-state index in [4.69, 9.17) is 78.1 Å². The van der Waals surface area contributed by atoms with E-state index in [2.05, 4.69) is 19.9 Å². The summed E-state index contributed by atoms with van der Waals surface area (Å²) in [7, 11) is 3.26. The van der Waals surface area contributed by atoms with Crippen LogP contribution in [0.5, 0.6) is 11.5 Å². The molecule has 19 rings (SSSR count). The molecule has 86 heavy (non-hydrogen) atoms. The van der Waals surface area contributed by atoms with Gasteiger partial charge in [0.25, 0.3) is 0 Å². The number of methoxy groups -OCH3 is 2. The van der Waals surface area contributed by atoms with Gasteiger partial charge in [0.15, 0.2) is 45.9 Å². The van der Waals surface area contributed by atoms with E-state index in [1.165, 1.54) is 0 Å². The van der Waals surface area contributed by atoms with Gasteiger partial charge in [-0.2, -0.15) is 0 Å². The molecule has 2 aliphatic rings. The number of aromatic amines is 4. The molecule has 0 spiro atoms. The first-order valence-electron chi connectivity index (χ1n) is 27.5. The van der Waals surface area contributed by atoms with Crippen LogP contribution in [0.1, 0.15) is 0 Å². The molecule has 0 saturated carbocycles. The van der Waals surface area contributed by atoms with Gasteiger partial charge in [0.05, 0.1) is 14.2 Å². The highest BCUT2D eigenvalue weighted by atomic mass is 16.5. The minimum Gasteiger partial charge on any atom is -0.497 e. The Labute approximate surface area is 479 Å². The van der Waals surface area contributed by atoms with Crippen LogP contribution < -0.4 is 9.47 Å². The van der Waals surface area contributed by atoms with Gasteiger partial charge >= 0.3 is 0 Å². The molecule has 17 aromatic rings. The number of fused-ring (bicyclic) bond motifs is 32. The van der Waals surface area contributed by atoms with Crippen molar-refractivity contribution in [2.45, 2.75) is 0 Å².